The highest BCUT2D eigenvalue weighted by Gasteiger charge is 2.14. The van der Waals surface area contributed by atoms with Crippen molar-refractivity contribution < 1.29 is 0 Å². The van der Waals surface area contributed by atoms with E-state index in [-0.39, 0.29) is 0 Å². The van der Waals surface area contributed by atoms with Crippen LogP contribution in [0.15, 0.2) is 66.7 Å². The van der Waals surface area contributed by atoms with Crippen LogP contribution in [0.3, 0.4) is 0 Å². The highest BCUT2D eigenvalue weighted by atomic mass is 15.1. The number of aryl methyl sites for hydroxylation is 2. The molecule has 0 saturated heterocycles. The Balaban J connectivity index is 2.18. The maximum Gasteiger partial charge on any atom is 0.0468 e. The highest BCUT2D eigenvalue weighted by molar-refractivity contribution is 5.79. The molecule has 0 aliphatic rings. The average molecular weight is 303 g/mol. The van der Waals surface area contributed by atoms with Gasteiger partial charge in [-0.2, -0.15) is 0 Å². The highest BCUT2D eigenvalue weighted by Crippen LogP contribution is 2.36. The molecule has 4 N–H and O–H groups in total. The van der Waals surface area contributed by atoms with E-state index in [4.69, 9.17) is 11.5 Å². The molecular weight excluding hydrogens is 282 g/mol. The van der Waals surface area contributed by atoms with Crippen molar-refractivity contribution in [3.63, 3.8) is 0 Å². The van der Waals surface area contributed by atoms with Gasteiger partial charge in [-0.3, -0.25) is 0 Å². The van der Waals surface area contributed by atoms with Gasteiger partial charge in [0.15, 0.2) is 0 Å². The second-order valence-corrected chi connectivity index (χ2v) is 5.76. The van der Waals surface area contributed by atoms with Crippen molar-refractivity contribution in [3.05, 3.63) is 77.9 Å². The number of nitrogens with zero attached hydrogens (tertiary/aromatic N) is 1. The first-order chi connectivity index (χ1) is 11.1. The van der Waals surface area contributed by atoms with E-state index in [1.54, 1.807) is 0 Å². The van der Waals surface area contributed by atoms with Gasteiger partial charge in [-0.25, -0.2) is 0 Å². The van der Waals surface area contributed by atoms with Gasteiger partial charge in [0.05, 0.1) is 0 Å². The Kier molecular flexibility index (Phi) is 3.94. The summed E-state index contributed by atoms with van der Waals surface area (Å²) in [5.74, 6) is 0. The molecule has 3 heteroatoms. The minimum Gasteiger partial charge on any atom is -0.399 e. The predicted molar refractivity (Wildman–Crippen MR) is 99.4 cm³/mol. The Bertz CT molecular complexity index is 785. The summed E-state index contributed by atoms with van der Waals surface area (Å²) in [6, 6.07) is 22.4. The number of benzene rings is 3. The topological polar surface area (TPSA) is 55.3 Å². The molecule has 3 rings (SSSR count). The molecule has 3 aromatic rings. The first-order valence-electron chi connectivity index (χ1n) is 7.63. The van der Waals surface area contributed by atoms with Gasteiger partial charge >= 0.3 is 0 Å². The van der Waals surface area contributed by atoms with Gasteiger partial charge in [-0.05, 0) is 73.5 Å². The molecule has 0 radical (unpaired) electrons. The maximum atomic E-state index is 6.11. The lowest BCUT2D eigenvalue weighted by atomic mass is 10.1. The number of rotatable bonds is 3. The third kappa shape index (κ3) is 2.99. The molecule has 0 aliphatic carbocycles. The van der Waals surface area contributed by atoms with Crippen molar-refractivity contribution in [2.24, 2.45) is 0 Å². The number of nitrogen functional groups attached to an aromatic ring is 2. The number of anilines is 5. The van der Waals surface area contributed by atoms with Crippen LogP contribution < -0.4 is 16.4 Å². The molecule has 3 aromatic carbocycles. The van der Waals surface area contributed by atoms with Gasteiger partial charge in [0, 0.05) is 28.4 Å². The van der Waals surface area contributed by atoms with Crippen molar-refractivity contribution in [3.8, 4) is 0 Å². The van der Waals surface area contributed by atoms with E-state index in [9.17, 15) is 0 Å². The monoisotopic (exact) mass is 303 g/mol. The molecule has 0 spiro atoms. The van der Waals surface area contributed by atoms with E-state index in [0.29, 0.717) is 0 Å². The lowest BCUT2D eigenvalue weighted by Crippen LogP contribution is -2.11. The molecule has 116 valence electrons. The summed E-state index contributed by atoms with van der Waals surface area (Å²) in [5.41, 5.74) is 19.0. The minimum atomic E-state index is 0.756. The normalized spacial score (nSPS) is 10.5. The Morgan fingerprint density at radius 2 is 1.17 bits per heavy atom. The molecule has 0 saturated carbocycles. The van der Waals surface area contributed by atoms with Gasteiger partial charge in [0.1, 0.15) is 0 Å². The predicted octanol–water partition coefficient (Wildman–Crippen LogP) is 4.94. The fourth-order valence-corrected chi connectivity index (χ4v) is 2.73. The minimum absolute atomic E-state index is 0.756. The van der Waals surface area contributed by atoms with Crippen LogP contribution in [0.5, 0.6) is 0 Å². The van der Waals surface area contributed by atoms with Crippen LogP contribution in [-0.2, 0) is 0 Å². The number of nitrogens with two attached hydrogens (primary N) is 2. The van der Waals surface area contributed by atoms with Crippen LogP contribution in [-0.4, -0.2) is 0 Å². The van der Waals surface area contributed by atoms with E-state index in [0.717, 1.165) is 39.6 Å². The molecule has 0 unspecified atom stereocenters. The summed E-state index contributed by atoms with van der Waals surface area (Å²) >= 11 is 0. The standard InChI is InChI=1S/C20H21N3/c1-14-12-19(13-15(2)20(14)22)23(17-6-4-3-5-7-17)18-10-8-16(21)9-11-18/h3-13H,21-22H2,1-2H3. The SMILES string of the molecule is Cc1cc(N(c2ccccc2)c2ccc(N)cc2)cc(C)c1N. The summed E-state index contributed by atoms with van der Waals surface area (Å²) in [4.78, 5) is 2.21. The maximum absolute atomic E-state index is 6.11. The Labute approximate surface area is 137 Å². The number of hydrogen-bond donors (Lipinski definition) is 2. The lowest BCUT2D eigenvalue weighted by Gasteiger charge is -2.26. The van der Waals surface area contributed by atoms with Crippen molar-refractivity contribution in [1.29, 1.82) is 0 Å². The quantitative estimate of drug-likeness (QED) is 0.674. The van der Waals surface area contributed by atoms with E-state index in [2.05, 4.69) is 29.2 Å². The molecule has 0 fully saturated rings. The van der Waals surface area contributed by atoms with Gasteiger partial charge in [0.2, 0.25) is 0 Å². The summed E-state index contributed by atoms with van der Waals surface area (Å²) < 4.78 is 0. The van der Waals surface area contributed by atoms with E-state index in [1.165, 1.54) is 0 Å². The third-order valence-electron chi connectivity index (χ3n) is 4.00. The first kappa shape index (κ1) is 15.0. The Morgan fingerprint density at radius 1 is 0.652 bits per heavy atom. The summed E-state index contributed by atoms with van der Waals surface area (Å²) in [6.07, 6.45) is 0. The molecule has 0 amide bonds. The summed E-state index contributed by atoms with van der Waals surface area (Å²) in [6.45, 7) is 4.08. The second kappa shape index (κ2) is 6.05. The van der Waals surface area contributed by atoms with E-state index in [1.807, 2.05) is 56.3 Å². The van der Waals surface area contributed by atoms with Crippen LogP contribution in [0.25, 0.3) is 0 Å². The van der Waals surface area contributed by atoms with Crippen molar-refractivity contribution in [2.75, 3.05) is 16.4 Å². The molecule has 23 heavy (non-hydrogen) atoms. The zero-order valence-electron chi connectivity index (χ0n) is 13.5. The average Bonchev–Trinajstić information content (AvgIpc) is 2.55. The number of hydrogen-bond acceptors (Lipinski definition) is 3. The van der Waals surface area contributed by atoms with E-state index < -0.39 is 0 Å². The van der Waals surface area contributed by atoms with Crippen molar-refractivity contribution >= 4 is 28.4 Å². The van der Waals surface area contributed by atoms with Crippen molar-refractivity contribution in [1.82, 2.24) is 0 Å². The largest absolute Gasteiger partial charge is 0.399 e. The van der Waals surface area contributed by atoms with Crippen LogP contribution in [0.4, 0.5) is 28.4 Å². The first-order valence-corrected chi connectivity index (χ1v) is 7.63. The third-order valence-corrected chi connectivity index (χ3v) is 4.00. The van der Waals surface area contributed by atoms with E-state index >= 15 is 0 Å². The van der Waals surface area contributed by atoms with Crippen molar-refractivity contribution in [2.45, 2.75) is 13.8 Å². The zero-order chi connectivity index (χ0) is 16.4. The fourth-order valence-electron chi connectivity index (χ4n) is 2.73. The molecule has 0 heterocycles. The van der Waals surface area contributed by atoms with Crippen LogP contribution >= 0.6 is 0 Å². The van der Waals surface area contributed by atoms with Gasteiger partial charge < -0.3 is 16.4 Å². The molecule has 0 aromatic heterocycles. The van der Waals surface area contributed by atoms with Crippen LogP contribution in [0.1, 0.15) is 11.1 Å². The zero-order valence-corrected chi connectivity index (χ0v) is 13.5. The van der Waals surface area contributed by atoms with Gasteiger partial charge in [-0.1, -0.05) is 18.2 Å². The molecule has 3 nitrogen and oxygen atoms in total. The van der Waals surface area contributed by atoms with Crippen LogP contribution in [0, 0.1) is 13.8 Å². The molecule has 0 bridgehead atoms. The molecule has 0 atom stereocenters. The number of para-hydroxylation sites is 1. The Hall–Kier alpha value is -2.94. The fraction of sp³-hybridized carbons (Fsp3) is 0.100. The molecular formula is C20H21N3. The van der Waals surface area contributed by atoms with Crippen LogP contribution in [0.2, 0.25) is 0 Å². The van der Waals surface area contributed by atoms with Gasteiger partial charge in [0.25, 0.3) is 0 Å². The second-order valence-electron chi connectivity index (χ2n) is 5.76. The molecule has 0 aliphatic heterocycles. The summed E-state index contributed by atoms with van der Waals surface area (Å²) in [7, 11) is 0. The smallest absolute Gasteiger partial charge is 0.0468 e. The summed E-state index contributed by atoms with van der Waals surface area (Å²) in [5, 5.41) is 0. The lowest BCUT2D eigenvalue weighted by molar-refractivity contribution is 1.26. The Morgan fingerprint density at radius 3 is 1.74 bits per heavy atom. The van der Waals surface area contributed by atoms with Gasteiger partial charge in [-0.15, -0.1) is 0 Å².